The summed E-state index contributed by atoms with van der Waals surface area (Å²) >= 11 is 1.16. The van der Waals surface area contributed by atoms with E-state index in [9.17, 15) is 4.39 Å². The molecule has 0 aliphatic carbocycles. The summed E-state index contributed by atoms with van der Waals surface area (Å²) in [6.07, 6.45) is 7.62. The molecule has 3 aliphatic heterocycles. The Balaban J connectivity index is 1.14. The molecular formula is C27H30FN7S. The molecule has 36 heavy (non-hydrogen) atoms. The molecule has 3 aliphatic rings. The summed E-state index contributed by atoms with van der Waals surface area (Å²) in [6.45, 7) is 4.25. The number of aromatic amines is 1. The molecule has 0 bridgehead atoms. The first kappa shape index (κ1) is 22.5. The van der Waals surface area contributed by atoms with Crippen LogP contribution in [0, 0.1) is 11.0 Å². The zero-order valence-electron chi connectivity index (χ0n) is 20.0. The third-order valence-corrected chi connectivity index (χ3v) is 8.86. The molecule has 4 aromatic rings. The molecule has 3 aromatic heterocycles. The maximum absolute atomic E-state index is 13.7. The number of hydrogen-bond donors (Lipinski definition) is 4. The molecule has 3 saturated heterocycles. The van der Waals surface area contributed by atoms with Crippen molar-refractivity contribution in [2.24, 2.45) is 5.92 Å². The van der Waals surface area contributed by atoms with E-state index < -0.39 is 0 Å². The molecule has 7 nitrogen and oxygen atoms in total. The third-order valence-electron chi connectivity index (χ3n) is 7.95. The summed E-state index contributed by atoms with van der Waals surface area (Å²) < 4.78 is 13.7. The number of nitrogens with zero attached hydrogens (tertiary/aromatic N) is 3. The lowest BCUT2D eigenvalue weighted by Crippen LogP contribution is -2.46. The molecular weight excluding hydrogens is 473 g/mol. The van der Waals surface area contributed by atoms with Gasteiger partial charge in [-0.3, -0.25) is 15.3 Å². The lowest BCUT2D eigenvalue weighted by atomic mass is 9.82. The number of aromatic nitrogens is 3. The van der Waals surface area contributed by atoms with E-state index in [0.717, 1.165) is 58.1 Å². The van der Waals surface area contributed by atoms with Crippen LogP contribution < -0.4 is 16.2 Å². The Kier molecular flexibility index (Phi) is 5.82. The first-order valence-corrected chi connectivity index (χ1v) is 13.7. The normalized spacial score (nSPS) is 26.6. The van der Waals surface area contributed by atoms with E-state index in [0.29, 0.717) is 12.0 Å². The minimum absolute atomic E-state index is 0.0701. The maximum atomic E-state index is 13.7. The first-order chi connectivity index (χ1) is 17.7. The van der Waals surface area contributed by atoms with Crippen molar-refractivity contribution in [3.05, 3.63) is 70.9 Å². The molecule has 3 fully saturated rings. The van der Waals surface area contributed by atoms with Crippen LogP contribution in [-0.2, 0) is 6.54 Å². The predicted molar refractivity (Wildman–Crippen MR) is 140 cm³/mol. The van der Waals surface area contributed by atoms with E-state index in [-0.39, 0.29) is 17.2 Å². The standard InChI is InChI=1S/C27H30FN7S/c28-24-7-6-23(36-24)18-4-3-5-20-25(18)32-27(31-20)26-19-11-21(30-14-22(19)33-34-26)17-10-16(12-29-13-17)15-35-8-1-2-9-35/h3-7,10,12-13,19,21-22,26,30,33-34H,1-2,8-9,11,14-15H2,(H,31,32). The fourth-order valence-corrected chi connectivity index (χ4v) is 6.89. The summed E-state index contributed by atoms with van der Waals surface area (Å²) in [5.74, 6) is 1.30. The van der Waals surface area contributed by atoms with Crippen LogP contribution in [0.3, 0.4) is 0 Å². The van der Waals surface area contributed by atoms with E-state index in [1.165, 1.54) is 43.1 Å². The van der Waals surface area contributed by atoms with Gasteiger partial charge in [0.25, 0.3) is 0 Å². The van der Waals surface area contributed by atoms with Crippen molar-refractivity contribution in [1.29, 1.82) is 0 Å². The number of benzene rings is 1. The minimum atomic E-state index is -0.179. The molecule has 1 aromatic carbocycles. The fourth-order valence-electron chi connectivity index (χ4n) is 6.14. The van der Waals surface area contributed by atoms with Crippen LogP contribution in [0.4, 0.5) is 4.39 Å². The van der Waals surface area contributed by atoms with Gasteiger partial charge in [-0.25, -0.2) is 10.4 Å². The number of H-pyrrole nitrogens is 1. The second-order valence-corrected chi connectivity index (χ2v) is 11.3. The SMILES string of the molecule is Fc1ccc(-c2cccc3[nH]c(C4NNC5CNC(c6cncc(CN7CCCC7)c6)CC54)nc23)s1. The van der Waals surface area contributed by atoms with Gasteiger partial charge in [0.05, 0.1) is 17.1 Å². The van der Waals surface area contributed by atoms with E-state index in [2.05, 4.69) is 37.1 Å². The largest absolute Gasteiger partial charge is 0.341 e. The molecule has 7 rings (SSSR count). The molecule has 9 heteroatoms. The van der Waals surface area contributed by atoms with Crippen LogP contribution in [0.5, 0.6) is 0 Å². The van der Waals surface area contributed by atoms with Gasteiger partial charge in [-0.05, 0) is 67.7 Å². The van der Waals surface area contributed by atoms with Gasteiger partial charge in [-0.2, -0.15) is 4.39 Å². The van der Waals surface area contributed by atoms with Gasteiger partial charge in [-0.15, -0.1) is 11.3 Å². The average Bonchev–Trinajstić information content (AvgIpc) is 3.70. The number of para-hydroxylation sites is 1. The number of rotatable bonds is 5. The van der Waals surface area contributed by atoms with Crippen LogP contribution >= 0.6 is 11.3 Å². The van der Waals surface area contributed by atoms with Gasteiger partial charge in [0.1, 0.15) is 5.82 Å². The molecule has 186 valence electrons. The molecule has 4 unspecified atom stereocenters. The lowest BCUT2D eigenvalue weighted by molar-refractivity contribution is 0.263. The minimum Gasteiger partial charge on any atom is -0.341 e. The number of likely N-dealkylation sites (tertiary alicyclic amines) is 1. The number of piperidine rings is 1. The number of nitrogens with one attached hydrogen (secondary N) is 4. The Labute approximate surface area is 213 Å². The van der Waals surface area contributed by atoms with Gasteiger partial charge < -0.3 is 10.3 Å². The highest BCUT2D eigenvalue weighted by Crippen LogP contribution is 2.39. The Bertz CT molecular complexity index is 1380. The maximum Gasteiger partial charge on any atom is 0.176 e. The highest BCUT2D eigenvalue weighted by atomic mass is 32.1. The summed E-state index contributed by atoms with van der Waals surface area (Å²) in [6, 6.07) is 12.4. The van der Waals surface area contributed by atoms with Crippen molar-refractivity contribution < 1.29 is 4.39 Å². The molecule has 0 spiro atoms. The summed E-state index contributed by atoms with van der Waals surface area (Å²) in [5.41, 5.74) is 12.4. The lowest BCUT2D eigenvalue weighted by Gasteiger charge is -2.34. The number of imidazole rings is 1. The Hall–Kier alpha value is -2.69. The van der Waals surface area contributed by atoms with Crippen LogP contribution in [0.15, 0.2) is 48.8 Å². The Morgan fingerprint density at radius 1 is 1.08 bits per heavy atom. The Morgan fingerprint density at radius 2 is 2.00 bits per heavy atom. The third kappa shape index (κ3) is 4.14. The molecule has 0 saturated carbocycles. The van der Waals surface area contributed by atoms with Crippen molar-refractivity contribution in [2.75, 3.05) is 19.6 Å². The number of hydrazine groups is 1. The van der Waals surface area contributed by atoms with Crippen molar-refractivity contribution in [3.63, 3.8) is 0 Å². The number of thiophene rings is 1. The number of fused-ring (bicyclic) bond motifs is 2. The zero-order valence-corrected chi connectivity index (χ0v) is 20.8. The van der Waals surface area contributed by atoms with Gasteiger partial charge >= 0.3 is 0 Å². The molecule has 4 N–H and O–H groups in total. The second-order valence-electron chi connectivity index (χ2n) is 10.3. The zero-order chi connectivity index (χ0) is 24.1. The summed E-state index contributed by atoms with van der Waals surface area (Å²) in [5, 5.41) is 3.56. The molecule has 0 amide bonds. The van der Waals surface area contributed by atoms with Crippen molar-refractivity contribution in [3.8, 4) is 10.4 Å². The van der Waals surface area contributed by atoms with E-state index in [4.69, 9.17) is 4.98 Å². The molecule has 0 radical (unpaired) electrons. The van der Waals surface area contributed by atoms with Crippen molar-refractivity contribution >= 4 is 22.4 Å². The van der Waals surface area contributed by atoms with E-state index in [1.807, 2.05) is 36.7 Å². The quantitative estimate of drug-likeness (QED) is 0.325. The van der Waals surface area contributed by atoms with Gasteiger partial charge in [0, 0.05) is 53.9 Å². The number of halogens is 1. The van der Waals surface area contributed by atoms with Crippen LogP contribution in [0.25, 0.3) is 21.5 Å². The average molecular weight is 504 g/mol. The topological polar surface area (TPSA) is 80.9 Å². The van der Waals surface area contributed by atoms with Crippen LogP contribution in [0.2, 0.25) is 0 Å². The van der Waals surface area contributed by atoms with Gasteiger partial charge in [0.15, 0.2) is 5.13 Å². The number of hydrogen-bond acceptors (Lipinski definition) is 7. The van der Waals surface area contributed by atoms with Crippen LogP contribution in [-0.4, -0.2) is 45.5 Å². The van der Waals surface area contributed by atoms with Gasteiger partial charge in [0.2, 0.25) is 0 Å². The highest BCUT2D eigenvalue weighted by molar-refractivity contribution is 7.14. The summed E-state index contributed by atoms with van der Waals surface area (Å²) in [7, 11) is 0. The van der Waals surface area contributed by atoms with Crippen molar-refractivity contribution in [2.45, 2.75) is 43.9 Å². The van der Waals surface area contributed by atoms with Crippen molar-refractivity contribution in [1.82, 2.24) is 36.0 Å². The predicted octanol–water partition coefficient (Wildman–Crippen LogP) is 4.29. The van der Waals surface area contributed by atoms with Gasteiger partial charge in [-0.1, -0.05) is 12.1 Å². The second kappa shape index (κ2) is 9.32. The summed E-state index contributed by atoms with van der Waals surface area (Å²) in [4.78, 5) is 16.6. The first-order valence-electron chi connectivity index (χ1n) is 12.9. The Morgan fingerprint density at radius 3 is 2.86 bits per heavy atom. The highest BCUT2D eigenvalue weighted by Gasteiger charge is 2.42. The van der Waals surface area contributed by atoms with Crippen LogP contribution in [0.1, 0.15) is 48.3 Å². The monoisotopic (exact) mass is 503 g/mol. The molecule has 4 atom stereocenters. The van der Waals surface area contributed by atoms with E-state index >= 15 is 0 Å². The smallest absolute Gasteiger partial charge is 0.176 e. The fraction of sp³-hybridized carbons (Fsp3) is 0.407. The number of pyridine rings is 1. The van der Waals surface area contributed by atoms with E-state index in [1.54, 1.807) is 0 Å². The molecule has 6 heterocycles.